The zero-order valence-electron chi connectivity index (χ0n) is 13.5. The number of nitrogens with one attached hydrogen (secondary N) is 1. The van der Waals surface area contributed by atoms with Crippen LogP contribution in [0, 0.1) is 5.82 Å². The average Bonchev–Trinajstić information content (AvgIpc) is 3.12. The standard InChI is InChI=1S/C19H17FN4O/c20-15-5-7-16(8-6-15)22-19(25)24-12-11-23-10-2-4-17(23)18(24)14-3-1-9-21-13-14/h1-10,13,18H,11-12H2,(H,22,25). The van der Waals surface area contributed by atoms with Gasteiger partial charge < -0.3 is 14.8 Å². The molecule has 0 saturated heterocycles. The van der Waals surface area contributed by atoms with Gasteiger partial charge in [0.2, 0.25) is 0 Å². The summed E-state index contributed by atoms with van der Waals surface area (Å²) in [4.78, 5) is 18.8. The summed E-state index contributed by atoms with van der Waals surface area (Å²) in [5, 5.41) is 2.85. The van der Waals surface area contributed by atoms with Crippen molar-refractivity contribution in [1.82, 2.24) is 14.5 Å². The van der Waals surface area contributed by atoms with Gasteiger partial charge in [-0.15, -0.1) is 0 Å². The van der Waals surface area contributed by atoms with Gasteiger partial charge in [-0.05, 0) is 48.0 Å². The summed E-state index contributed by atoms with van der Waals surface area (Å²) in [5.41, 5.74) is 2.57. The Bertz CT molecular complexity index is 876. The molecule has 0 aliphatic carbocycles. The predicted molar refractivity (Wildman–Crippen MR) is 92.6 cm³/mol. The topological polar surface area (TPSA) is 50.2 Å². The normalized spacial score (nSPS) is 16.4. The lowest BCUT2D eigenvalue weighted by molar-refractivity contribution is 0.181. The quantitative estimate of drug-likeness (QED) is 0.776. The fraction of sp³-hybridized carbons (Fsp3) is 0.158. The SMILES string of the molecule is O=C(Nc1ccc(F)cc1)N1CCn2cccc2C1c1cccnc1. The van der Waals surface area contributed by atoms with E-state index in [4.69, 9.17) is 0 Å². The van der Waals surface area contributed by atoms with Gasteiger partial charge >= 0.3 is 6.03 Å². The Morgan fingerprint density at radius 2 is 1.96 bits per heavy atom. The van der Waals surface area contributed by atoms with Gasteiger partial charge in [-0.2, -0.15) is 0 Å². The molecule has 1 aliphatic heterocycles. The van der Waals surface area contributed by atoms with Gasteiger partial charge in [0.05, 0.1) is 0 Å². The lowest BCUT2D eigenvalue weighted by atomic mass is 10.0. The number of hydrogen-bond acceptors (Lipinski definition) is 2. The third-order valence-electron chi connectivity index (χ3n) is 4.39. The molecule has 6 heteroatoms. The molecule has 0 bridgehead atoms. The molecule has 0 radical (unpaired) electrons. The van der Waals surface area contributed by atoms with Crippen LogP contribution in [0.5, 0.6) is 0 Å². The molecule has 4 rings (SSSR count). The van der Waals surface area contributed by atoms with E-state index in [0.717, 1.165) is 17.8 Å². The van der Waals surface area contributed by atoms with E-state index in [1.54, 1.807) is 29.4 Å². The van der Waals surface area contributed by atoms with E-state index in [2.05, 4.69) is 14.9 Å². The molecule has 3 heterocycles. The first kappa shape index (κ1) is 15.4. The summed E-state index contributed by atoms with van der Waals surface area (Å²) in [5.74, 6) is -0.331. The minimum absolute atomic E-state index is 0.210. The van der Waals surface area contributed by atoms with Crippen molar-refractivity contribution in [2.75, 3.05) is 11.9 Å². The number of hydrogen-bond donors (Lipinski definition) is 1. The number of halogens is 1. The highest BCUT2D eigenvalue weighted by molar-refractivity contribution is 5.90. The Balaban J connectivity index is 1.65. The largest absolute Gasteiger partial charge is 0.348 e. The Hall–Kier alpha value is -3.15. The molecule has 1 unspecified atom stereocenters. The number of carbonyl (C=O) groups is 1. The number of urea groups is 1. The molecule has 126 valence electrons. The van der Waals surface area contributed by atoms with Crippen LogP contribution in [0.1, 0.15) is 17.3 Å². The number of rotatable bonds is 2. The number of aromatic nitrogens is 2. The molecule has 1 atom stereocenters. The van der Waals surface area contributed by atoms with E-state index in [1.807, 2.05) is 30.5 Å². The number of pyridine rings is 1. The van der Waals surface area contributed by atoms with Crippen LogP contribution < -0.4 is 5.32 Å². The summed E-state index contributed by atoms with van der Waals surface area (Å²) in [6.07, 6.45) is 5.52. The van der Waals surface area contributed by atoms with Gasteiger partial charge in [-0.1, -0.05) is 6.07 Å². The van der Waals surface area contributed by atoms with Crippen LogP contribution in [0.2, 0.25) is 0 Å². The van der Waals surface area contributed by atoms with Crippen molar-refractivity contribution in [1.29, 1.82) is 0 Å². The van der Waals surface area contributed by atoms with Gasteiger partial charge in [0, 0.05) is 43.1 Å². The summed E-state index contributed by atoms with van der Waals surface area (Å²) >= 11 is 0. The van der Waals surface area contributed by atoms with Crippen molar-refractivity contribution < 1.29 is 9.18 Å². The number of carbonyl (C=O) groups excluding carboxylic acids is 1. The zero-order chi connectivity index (χ0) is 17.2. The maximum Gasteiger partial charge on any atom is 0.322 e. The smallest absolute Gasteiger partial charge is 0.322 e. The van der Waals surface area contributed by atoms with Crippen LogP contribution >= 0.6 is 0 Å². The third-order valence-corrected chi connectivity index (χ3v) is 4.39. The Labute approximate surface area is 144 Å². The van der Waals surface area contributed by atoms with E-state index in [9.17, 15) is 9.18 Å². The molecule has 2 aromatic heterocycles. The van der Waals surface area contributed by atoms with Crippen molar-refractivity contribution in [2.24, 2.45) is 0 Å². The van der Waals surface area contributed by atoms with Crippen LogP contribution in [0.3, 0.4) is 0 Å². The molecule has 1 aliphatic rings. The molecule has 1 N–H and O–H groups in total. The van der Waals surface area contributed by atoms with Crippen molar-refractivity contribution in [2.45, 2.75) is 12.6 Å². The number of fused-ring (bicyclic) bond motifs is 1. The summed E-state index contributed by atoms with van der Waals surface area (Å²) < 4.78 is 15.2. The lowest BCUT2D eigenvalue weighted by Gasteiger charge is -2.37. The van der Waals surface area contributed by atoms with E-state index < -0.39 is 0 Å². The van der Waals surface area contributed by atoms with Crippen LogP contribution in [0.25, 0.3) is 0 Å². The van der Waals surface area contributed by atoms with E-state index in [-0.39, 0.29) is 17.9 Å². The average molecular weight is 336 g/mol. The third kappa shape index (κ3) is 2.98. The van der Waals surface area contributed by atoms with Crippen molar-refractivity contribution in [3.05, 3.63) is 84.2 Å². The van der Waals surface area contributed by atoms with Crippen molar-refractivity contribution in [3.8, 4) is 0 Å². The molecule has 3 aromatic rings. The van der Waals surface area contributed by atoms with Crippen LogP contribution in [-0.2, 0) is 6.54 Å². The minimum Gasteiger partial charge on any atom is -0.348 e. The Kier molecular flexibility index (Phi) is 3.93. The Morgan fingerprint density at radius 3 is 2.72 bits per heavy atom. The van der Waals surface area contributed by atoms with Gasteiger partial charge in [-0.3, -0.25) is 4.98 Å². The maximum atomic E-state index is 13.1. The molecular weight excluding hydrogens is 319 g/mol. The fourth-order valence-electron chi connectivity index (χ4n) is 3.22. The number of benzene rings is 1. The Morgan fingerprint density at radius 1 is 1.12 bits per heavy atom. The highest BCUT2D eigenvalue weighted by Gasteiger charge is 2.32. The molecule has 0 saturated carbocycles. The van der Waals surface area contributed by atoms with Crippen LogP contribution in [0.4, 0.5) is 14.9 Å². The van der Waals surface area contributed by atoms with Crippen molar-refractivity contribution in [3.63, 3.8) is 0 Å². The monoisotopic (exact) mass is 336 g/mol. The second kappa shape index (κ2) is 6.39. The summed E-state index contributed by atoms with van der Waals surface area (Å²) in [6.45, 7) is 1.31. The molecule has 5 nitrogen and oxygen atoms in total. The zero-order valence-corrected chi connectivity index (χ0v) is 13.5. The molecule has 25 heavy (non-hydrogen) atoms. The van der Waals surface area contributed by atoms with Gasteiger partial charge in [-0.25, -0.2) is 9.18 Å². The molecule has 1 aromatic carbocycles. The van der Waals surface area contributed by atoms with E-state index in [1.165, 1.54) is 12.1 Å². The maximum absolute atomic E-state index is 13.1. The lowest BCUT2D eigenvalue weighted by Crippen LogP contribution is -2.44. The van der Waals surface area contributed by atoms with Gasteiger partial charge in [0.15, 0.2) is 0 Å². The number of anilines is 1. The summed E-state index contributed by atoms with van der Waals surface area (Å²) in [7, 11) is 0. The van der Waals surface area contributed by atoms with E-state index in [0.29, 0.717) is 12.2 Å². The minimum atomic E-state index is -0.331. The second-order valence-corrected chi connectivity index (χ2v) is 5.95. The second-order valence-electron chi connectivity index (χ2n) is 5.95. The summed E-state index contributed by atoms with van der Waals surface area (Å²) in [6, 6.07) is 13.2. The number of nitrogens with zero attached hydrogens (tertiary/aromatic N) is 3. The van der Waals surface area contributed by atoms with Crippen LogP contribution in [-0.4, -0.2) is 27.0 Å². The fourth-order valence-corrected chi connectivity index (χ4v) is 3.22. The molecule has 0 fully saturated rings. The highest BCUT2D eigenvalue weighted by Crippen LogP contribution is 2.32. The van der Waals surface area contributed by atoms with Gasteiger partial charge in [0.1, 0.15) is 11.9 Å². The predicted octanol–water partition coefficient (Wildman–Crippen LogP) is 3.66. The first-order valence-electron chi connectivity index (χ1n) is 8.10. The van der Waals surface area contributed by atoms with Crippen LogP contribution in [0.15, 0.2) is 67.1 Å². The van der Waals surface area contributed by atoms with Crippen molar-refractivity contribution >= 4 is 11.7 Å². The molecular formula is C19H17FN4O. The van der Waals surface area contributed by atoms with Gasteiger partial charge in [0.25, 0.3) is 0 Å². The first-order valence-corrected chi connectivity index (χ1v) is 8.10. The number of amides is 2. The first-order chi connectivity index (χ1) is 12.2. The molecule has 0 spiro atoms. The van der Waals surface area contributed by atoms with E-state index >= 15 is 0 Å². The highest BCUT2D eigenvalue weighted by atomic mass is 19.1. The molecule has 2 amide bonds.